The molecule has 1 aromatic heterocycles. The second kappa shape index (κ2) is 7.55. The van der Waals surface area contributed by atoms with E-state index in [-0.39, 0.29) is 12.2 Å². The Balaban J connectivity index is 1.71. The number of rotatable bonds is 7. The first-order valence-electron chi connectivity index (χ1n) is 7.88. The van der Waals surface area contributed by atoms with Crippen molar-refractivity contribution in [2.45, 2.75) is 11.3 Å². The third kappa shape index (κ3) is 4.83. The zero-order chi connectivity index (χ0) is 19.7. The van der Waals surface area contributed by atoms with Crippen LogP contribution < -0.4 is 9.44 Å². The van der Waals surface area contributed by atoms with E-state index in [1.54, 1.807) is 11.3 Å². The highest BCUT2D eigenvalue weighted by Gasteiger charge is 2.19. The predicted molar refractivity (Wildman–Crippen MR) is 106 cm³/mol. The Morgan fingerprint density at radius 1 is 1.07 bits per heavy atom. The minimum absolute atomic E-state index is 0.0429. The highest BCUT2D eigenvalue weighted by atomic mass is 32.2. The highest BCUT2D eigenvalue weighted by Crippen LogP contribution is 2.26. The summed E-state index contributed by atoms with van der Waals surface area (Å²) in [5.74, 6) is -1.03. The molecule has 2 N–H and O–H groups in total. The van der Waals surface area contributed by atoms with E-state index in [1.165, 1.54) is 6.07 Å². The van der Waals surface area contributed by atoms with Gasteiger partial charge in [0.2, 0.25) is 20.0 Å². The average Bonchev–Trinajstić information content (AvgIpc) is 2.96. The molecule has 0 spiro atoms. The van der Waals surface area contributed by atoms with Crippen molar-refractivity contribution in [2.75, 3.05) is 17.5 Å². The van der Waals surface area contributed by atoms with Gasteiger partial charge in [-0.15, -0.1) is 11.3 Å². The summed E-state index contributed by atoms with van der Waals surface area (Å²) >= 11 is 1.58. The van der Waals surface area contributed by atoms with Crippen LogP contribution in [0.2, 0.25) is 0 Å². The number of hydrogen-bond acceptors (Lipinski definition) is 5. The fourth-order valence-electron chi connectivity index (χ4n) is 2.62. The largest absolute Gasteiger partial charge is 0.284 e. The van der Waals surface area contributed by atoms with Crippen LogP contribution in [-0.4, -0.2) is 29.6 Å². The van der Waals surface area contributed by atoms with E-state index in [4.69, 9.17) is 0 Å². The number of nitrogens with one attached hydrogen (secondary N) is 2. The van der Waals surface area contributed by atoms with Gasteiger partial charge in [0.1, 0.15) is 10.7 Å². The van der Waals surface area contributed by atoms with E-state index in [1.807, 2.05) is 29.6 Å². The molecule has 0 saturated heterocycles. The van der Waals surface area contributed by atoms with Gasteiger partial charge in [-0.25, -0.2) is 25.9 Å². The van der Waals surface area contributed by atoms with Crippen molar-refractivity contribution >= 4 is 47.2 Å². The molecule has 0 aliphatic carbocycles. The standard InChI is InChI=1S/C17H17FN2O4S3/c1-26(21,22)20-13-6-7-17(15(18)10-13)27(23,24)19-9-8-12-11-25-16-5-3-2-4-14(12)16/h2-7,10-11,19-20H,8-9H2,1H3. The van der Waals surface area contributed by atoms with Crippen LogP contribution in [0.15, 0.2) is 52.7 Å². The van der Waals surface area contributed by atoms with Crippen molar-refractivity contribution in [3.63, 3.8) is 0 Å². The zero-order valence-corrected chi connectivity index (χ0v) is 16.7. The summed E-state index contributed by atoms with van der Waals surface area (Å²) in [7, 11) is -7.64. The van der Waals surface area contributed by atoms with Gasteiger partial charge >= 0.3 is 0 Å². The Kier molecular flexibility index (Phi) is 5.52. The van der Waals surface area contributed by atoms with Gasteiger partial charge in [0.05, 0.1) is 11.9 Å². The number of thiophene rings is 1. The van der Waals surface area contributed by atoms with Gasteiger partial charge in [-0.1, -0.05) is 18.2 Å². The fraction of sp³-hybridized carbons (Fsp3) is 0.176. The average molecular weight is 429 g/mol. The summed E-state index contributed by atoms with van der Waals surface area (Å²) in [5.41, 5.74) is 0.977. The van der Waals surface area contributed by atoms with Crippen LogP contribution in [0.1, 0.15) is 5.56 Å². The molecule has 1 heterocycles. The van der Waals surface area contributed by atoms with Crippen molar-refractivity contribution in [2.24, 2.45) is 0 Å². The van der Waals surface area contributed by atoms with Crippen molar-refractivity contribution in [1.82, 2.24) is 4.72 Å². The van der Waals surface area contributed by atoms with Crippen LogP contribution >= 0.6 is 11.3 Å². The minimum atomic E-state index is -4.06. The molecular formula is C17H17FN2O4S3. The van der Waals surface area contributed by atoms with E-state index < -0.39 is 30.8 Å². The lowest BCUT2D eigenvalue weighted by atomic mass is 10.1. The Labute approximate surface area is 161 Å². The monoisotopic (exact) mass is 428 g/mol. The summed E-state index contributed by atoms with van der Waals surface area (Å²) in [6.07, 6.45) is 1.39. The molecule has 27 heavy (non-hydrogen) atoms. The van der Waals surface area contributed by atoms with Crippen LogP contribution in [-0.2, 0) is 26.5 Å². The molecule has 0 aliphatic heterocycles. The van der Waals surface area contributed by atoms with Gasteiger partial charge in [-0.2, -0.15) is 0 Å². The maximum Gasteiger partial charge on any atom is 0.243 e. The third-order valence-electron chi connectivity index (χ3n) is 3.77. The topological polar surface area (TPSA) is 92.3 Å². The molecule has 10 heteroatoms. The molecule has 3 aromatic rings. The number of anilines is 1. The Morgan fingerprint density at radius 3 is 2.52 bits per heavy atom. The number of sulfonamides is 2. The number of fused-ring (bicyclic) bond motifs is 1. The highest BCUT2D eigenvalue weighted by molar-refractivity contribution is 7.92. The molecule has 0 saturated carbocycles. The molecule has 3 rings (SSSR count). The van der Waals surface area contributed by atoms with Crippen LogP contribution in [0.25, 0.3) is 10.1 Å². The fourth-order valence-corrected chi connectivity index (χ4v) is 5.26. The van der Waals surface area contributed by atoms with Crippen LogP contribution in [0.5, 0.6) is 0 Å². The van der Waals surface area contributed by atoms with Gasteiger partial charge in [0, 0.05) is 11.2 Å². The molecule has 0 atom stereocenters. The molecule has 0 radical (unpaired) electrons. The Hall–Kier alpha value is -2.01. The lowest BCUT2D eigenvalue weighted by Crippen LogP contribution is -2.26. The molecule has 6 nitrogen and oxygen atoms in total. The quantitative estimate of drug-likeness (QED) is 0.605. The van der Waals surface area contributed by atoms with E-state index in [2.05, 4.69) is 9.44 Å². The molecule has 0 amide bonds. The molecule has 0 aliphatic rings. The van der Waals surface area contributed by atoms with E-state index >= 15 is 0 Å². The summed E-state index contributed by atoms with van der Waals surface area (Å²) in [6, 6.07) is 10.9. The second-order valence-electron chi connectivity index (χ2n) is 5.92. The van der Waals surface area contributed by atoms with Crippen LogP contribution in [0.4, 0.5) is 10.1 Å². The van der Waals surface area contributed by atoms with E-state index in [9.17, 15) is 21.2 Å². The summed E-state index contributed by atoms with van der Waals surface area (Å²) in [5, 5.41) is 3.05. The third-order valence-corrected chi connectivity index (χ3v) is 6.89. The first kappa shape index (κ1) is 19.7. The van der Waals surface area contributed by atoms with Crippen molar-refractivity contribution in [3.8, 4) is 0 Å². The SMILES string of the molecule is CS(=O)(=O)Nc1ccc(S(=O)(=O)NCCc2csc3ccccc23)c(F)c1. The summed E-state index contributed by atoms with van der Waals surface area (Å²) in [4.78, 5) is -0.531. The summed E-state index contributed by atoms with van der Waals surface area (Å²) in [6.45, 7) is 0.117. The van der Waals surface area contributed by atoms with Gasteiger partial charge in [0.25, 0.3) is 0 Å². The maximum absolute atomic E-state index is 14.2. The first-order chi connectivity index (χ1) is 12.7. The van der Waals surface area contributed by atoms with E-state index in [0.29, 0.717) is 6.42 Å². The van der Waals surface area contributed by atoms with Gasteiger partial charge in [0.15, 0.2) is 0 Å². The zero-order valence-electron chi connectivity index (χ0n) is 14.3. The smallest absolute Gasteiger partial charge is 0.243 e. The molecule has 0 unspecified atom stereocenters. The molecule has 0 fully saturated rings. The molecule has 2 aromatic carbocycles. The van der Waals surface area contributed by atoms with Gasteiger partial charge in [-0.3, -0.25) is 4.72 Å². The van der Waals surface area contributed by atoms with E-state index in [0.717, 1.165) is 34.0 Å². The van der Waals surface area contributed by atoms with Crippen molar-refractivity contribution < 1.29 is 21.2 Å². The maximum atomic E-state index is 14.2. The first-order valence-corrected chi connectivity index (χ1v) is 12.1. The number of halogens is 1. The Morgan fingerprint density at radius 2 is 1.81 bits per heavy atom. The lowest BCUT2D eigenvalue weighted by Gasteiger charge is -2.09. The Bertz CT molecular complexity index is 1190. The molecular weight excluding hydrogens is 411 g/mol. The lowest BCUT2D eigenvalue weighted by molar-refractivity contribution is 0.557. The predicted octanol–water partition coefficient (Wildman–Crippen LogP) is 2.93. The molecule has 144 valence electrons. The van der Waals surface area contributed by atoms with Crippen molar-refractivity contribution in [3.05, 3.63) is 59.2 Å². The van der Waals surface area contributed by atoms with Crippen molar-refractivity contribution in [1.29, 1.82) is 0 Å². The van der Waals surface area contributed by atoms with Gasteiger partial charge in [-0.05, 0) is 47.0 Å². The molecule has 0 bridgehead atoms. The number of hydrogen-bond donors (Lipinski definition) is 2. The van der Waals surface area contributed by atoms with Crippen LogP contribution in [0, 0.1) is 5.82 Å². The van der Waals surface area contributed by atoms with Gasteiger partial charge < -0.3 is 0 Å². The normalized spacial score (nSPS) is 12.4. The second-order valence-corrected chi connectivity index (χ2v) is 10.3. The minimum Gasteiger partial charge on any atom is -0.284 e. The number of benzene rings is 2. The summed E-state index contributed by atoms with van der Waals surface area (Å²) < 4.78 is 66.8. The van der Waals surface area contributed by atoms with Crippen LogP contribution in [0.3, 0.4) is 0 Å².